The van der Waals surface area contributed by atoms with Gasteiger partial charge < -0.3 is 0 Å². The Morgan fingerprint density at radius 3 is 2.47 bits per heavy atom. The molecule has 0 aromatic rings. The Kier molecular flexibility index (Phi) is 1.85. The maximum absolute atomic E-state index is 2.67. The zero-order valence-electron chi connectivity index (χ0n) is 10.7. The summed E-state index contributed by atoms with van der Waals surface area (Å²) < 4.78 is 0. The number of hydrogen-bond acceptors (Lipinski definition) is 0. The summed E-state index contributed by atoms with van der Waals surface area (Å²) in [4.78, 5) is 0. The molecular formula is C15H25+. The predicted molar refractivity (Wildman–Crippen MR) is 64.3 cm³/mol. The summed E-state index contributed by atoms with van der Waals surface area (Å²) in [5, 5.41) is 0. The van der Waals surface area contributed by atoms with E-state index in [0.29, 0.717) is 10.8 Å². The van der Waals surface area contributed by atoms with Crippen LogP contribution >= 0.6 is 0 Å². The molecule has 0 aromatic heterocycles. The van der Waals surface area contributed by atoms with E-state index in [1.165, 1.54) is 25.7 Å². The monoisotopic (exact) mass is 205 g/mol. The van der Waals surface area contributed by atoms with Gasteiger partial charge in [0.2, 0.25) is 0 Å². The Morgan fingerprint density at radius 1 is 1.20 bits per heavy atom. The minimum Gasteiger partial charge on any atom is -0.0625 e. The Labute approximate surface area is 94.8 Å². The second kappa shape index (κ2) is 2.76. The molecule has 5 atom stereocenters. The summed E-state index contributed by atoms with van der Waals surface area (Å²) in [6.45, 7) is 9.96. The molecule has 4 aliphatic rings. The fraction of sp³-hybridized carbons (Fsp3) is 0.933. The van der Waals surface area contributed by atoms with Crippen LogP contribution in [-0.2, 0) is 0 Å². The molecule has 0 radical (unpaired) electrons. The lowest BCUT2D eigenvalue weighted by molar-refractivity contribution is -0.0773. The smallest absolute Gasteiger partial charge is 0.0625 e. The van der Waals surface area contributed by atoms with Crippen LogP contribution in [-0.4, -0.2) is 0 Å². The van der Waals surface area contributed by atoms with Crippen molar-refractivity contribution < 1.29 is 0 Å². The number of rotatable bonds is 1. The fourth-order valence-corrected chi connectivity index (χ4v) is 5.37. The largest absolute Gasteiger partial charge is 0.109 e. The van der Waals surface area contributed by atoms with E-state index in [9.17, 15) is 0 Å². The molecule has 0 aliphatic heterocycles. The predicted octanol–water partition coefficient (Wildman–Crippen LogP) is 4.31. The highest BCUT2D eigenvalue weighted by atomic mass is 14.7. The van der Waals surface area contributed by atoms with Gasteiger partial charge in [0.15, 0.2) is 0 Å². The van der Waals surface area contributed by atoms with Gasteiger partial charge in [0, 0.05) is 11.3 Å². The minimum atomic E-state index is 0.614. The molecule has 4 bridgehead atoms. The molecule has 4 saturated carbocycles. The van der Waals surface area contributed by atoms with Crippen LogP contribution in [0.25, 0.3) is 0 Å². The van der Waals surface area contributed by atoms with Crippen molar-refractivity contribution in [1.29, 1.82) is 0 Å². The zero-order chi connectivity index (χ0) is 10.8. The van der Waals surface area contributed by atoms with Crippen molar-refractivity contribution in [2.75, 3.05) is 0 Å². The average Bonchev–Trinajstić information content (AvgIpc) is 2.31. The lowest BCUT2D eigenvalue weighted by Crippen LogP contribution is -2.49. The van der Waals surface area contributed by atoms with E-state index in [1.807, 2.05) is 0 Å². The van der Waals surface area contributed by atoms with Crippen LogP contribution < -0.4 is 0 Å². The molecule has 5 unspecified atom stereocenters. The van der Waals surface area contributed by atoms with Crippen LogP contribution in [0, 0.1) is 40.9 Å². The van der Waals surface area contributed by atoms with Crippen LogP contribution in [0.5, 0.6) is 0 Å². The first-order valence-electron chi connectivity index (χ1n) is 6.79. The van der Waals surface area contributed by atoms with Crippen molar-refractivity contribution in [3.05, 3.63) is 6.42 Å². The van der Waals surface area contributed by atoms with Gasteiger partial charge in [-0.15, -0.1) is 0 Å². The van der Waals surface area contributed by atoms with Gasteiger partial charge in [-0.3, -0.25) is 0 Å². The summed E-state index contributed by atoms with van der Waals surface area (Å²) in [6, 6.07) is 0. The summed E-state index contributed by atoms with van der Waals surface area (Å²) in [6.07, 6.45) is 8.61. The fourth-order valence-electron chi connectivity index (χ4n) is 5.37. The first-order chi connectivity index (χ1) is 6.95. The third kappa shape index (κ3) is 1.17. The third-order valence-electron chi connectivity index (χ3n) is 6.07. The van der Waals surface area contributed by atoms with Gasteiger partial charge in [0.25, 0.3) is 0 Å². The maximum Gasteiger partial charge on any atom is 0.109 e. The van der Waals surface area contributed by atoms with Gasteiger partial charge in [-0.25, -0.2) is 0 Å². The van der Waals surface area contributed by atoms with Crippen LogP contribution in [0.4, 0.5) is 0 Å². The molecular weight excluding hydrogens is 180 g/mol. The number of hydrogen-bond donors (Lipinski definition) is 0. The molecule has 0 spiro atoms. The van der Waals surface area contributed by atoms with Crippen molar-refractivity contribution in [1.82, 2.24) is 0 Å². The quantitative estimate of drug-likeness (QED) is 0.560. The minimum absolute atomic E-state index is 0.614. The highest BCUT2D eigenvalue weighted by Crippen LogP contribution is 2.70. The van der Waals surface area contributed by atoms with E-state index in [2.05, 4.69) is 34.1 Å². The van der Waals surface area contributed by atoms with Crippen molar-refractivity contribution in [3.63, 3.8) is 0 Å². The summed E-state index contributed by atoms with van der Waals surface area (Å²) >= 11 is 0. The van der Waals surface area contributed by atoms with Crippen LogP contribution in [0.1, 0.15) is 53.4 Å². The molecule has 4 aliphatic carbocycles. The summed E-state index contributed by atoms with van der Waals surface area (Å²) in [5.74, 6) is 3.97. The van der Waals surface area contributed by atoms with Crippen LogP contribution in [0.2, 0.25) is 0 Å². The Morgan fingerprint density at radius 2 is 1.93 bits per heavy atom. The van der Waals surface area contributed by atoms with Crippen molar-refractivity contribution in [3.8, 4) is 0 Å². The molecule has 84 valence electrons. The van der Waals surface area contributed by atoms with Gasteiger partial charge in [-0.05, 0) is 43.9 Å². The molecule has 0 nitrogen and oxygen atoms in total. The van der Waals surface area contributed by atoms with Crippen molar-refractivity contribution in [2.45, 2.75) is 53.4 Å². The summed E-state index contributed by atoms with van der Waals surface area (Å²) in [5.41, 5.74) is 1.30. The molecule has 0 heterocycles. The van der Waals surface area contributed by atoms with E-state index in [-0.39, 0.29) is 0 Å². The average molecular weight is 205 g/mol. The highest BCUT2D eigenvalue weighted by molar-refractivity contribution is 5.17. The first-order valence-corrected chi connectivity index (χ1v) is 6.79. The Balaban J connectivity index is 1.93. The van der Waals surface area contributed by atoms with E-state index in [1.54, 1.807) is 0 Å². The van der Waals surface area contributed by atoms with E-state index >= 15 is 0 Å². The second-order valence-corrected chi connectivity index (χ2v) is 7.43. The van der Waals surface area contributed by atoms with Crippen molar-refractivity contribution >= 4 is 0 Å². The van der Waals surface area contributed by atoms with Gasteiger partial charge in [-0.1, -0.05) is 20.8 Å². The maximum atomic E-state index is 2.67. The van der Waals surface area contributed by atoms with Gasteiger partial charge in [0.1, 0.15) is 5.41 Å². The number of fused-ring (bicyclic) bond motifs is 1. The van der Waals surface area contributed by atoms with Gasteiger partial charge in [-0.2, -0.15) is 0 Å². The molecule has 0 saturated heterocycles. The topological polar surface area (TPSA) is 0 Å². The lowest BCUT2D eigenvalue weighted by atomic mass is 9.47. The van der Waals surface area contributed by atoms with Gasteiger partial charge >= 0.3 is 0 Å². The first kappa shape index (κ1) is 10.1. The van der Waals surface area contributed by atoms with E-state index < -0.39 is 0 Å². The Bertz CT molecular complexity index is 260. The van der Waals surface area contributed by atoms with Gasteiger partial charge in [0.05, 0.1) is 12.8 Å². The standard InChI is InChI=1S/C15H25/c1-10(2)12-7-13-14(3)5-6-15(13,4)9-11(12)8-14/h5,10-13H,6-9H2,1-4H3/q+1. The van der Waals surface area contributed by atoms with Crippen molar-refractivity contribution in [2.24, 2.45) is 34.5 Å². The van der Waals surface area contributed by atoms with E-state index in [4.69, 9.17) is 0 Å². The third-order valence-corrected chi connectivity index (χ3v) is 6.07. The second-order valence-electron chi connectivity index (χ2n) is 7.43. The van der Waals surface area contributed by atoms with Crippen LogP contribution in [0.3, 0.4) is 0 Å². The zero-order valence-corrected chi connectivity index (χ0v) is 10.7. The molecule has 4 fully saturated rings. The molecule has 0 amide bonds. The molecule has 0 N–H and O–H groups in total. The Hall–Kier alpha value is -0.130. The van der Waals surface area contributed by atoms with E-state index in [0.717, 1.165) is 23.7 Å². The lowest BCUT2D eigenvalue weighted by Gasteiger charge is -2.54. The summed E-state index contributed by atoms with van der Waals surface area (Å²) in [7, 11) is 0. The normalized spacial score (nSPS) is 57.3. The molecule has 0 aromatic carbocycles. The molecule has 15 heavy (non-hydrogen) atoms. The highest BCUT2D eigenvalue weighted by Gasteiger charge is 2.67. The molecule has 4 rings (SSSR count). The SMILES string of the molecule is CC(C)C1CC2C3(C)[CH+]CC2(C)CC1C3. The van der Waals surface area contributed by atoms with Crippen LogP contribution in [0.15, 0.2) is 0 Å². The molecule has 0 heteroatoms.